The number of benzene rings is 3. The van der Waals surface area contributed by atoms with E-state index in [0.29, 0.717) is 23.4 Å². The Hall–Kier alpha value is -2.68. The van der Waals surface area contributed by atoms with Crippen LogP contribution in [0.1, 0.15) is 11.1 Å². The van der Waals surface area contributed by atoms with Crippen molar-refractivity contribution in [2.24, 2.45) is 0 Å². The number of sulfonamides is 1. The molecule has 3 aromatic carbocycles. The van der Waals surface area contributed by atoms with Crippen LogP contribution in [0.15, 0.2) is 82.2 Å². The van der Waals surface area contributed by atoms with E-state index in [4.69, 9.17) is 4.74 Å². The van der Waals surface area contributed by atoms with Gasteiger partial charge in [0.05, 0.1) is 24.2 Å². The SMILES string of the molecule is COc1ccc(S(=O)(=O)N(CCc2ccccc2)CC(=O)Nc2ccccc2Br)cc1C. The summed E-state index contributed by atoms with van der Waals surface area (Å²) in [6, 6.07) is 21.5. The first-order chi connectivity index (χ1) is 15.3. The molecule has 0 aliphatic rings. The maximum atomic E-state index is 13.5. The van der Waals surface area contributed by atoms with Crippen LogP contribution in [0, 0.1) is 6.92 Å². The molecule has 168 valence electrons. The van der Waals surface area contributed by atoms with Gasteiger partial charge in [-0.25, -0.2) is 8.42 Å². The van der Waals surface area contributed by atoms with Gasteiger partial charge in [-0.15, -0.1) is 0 Å². The van der Waals surface area contributed by atoms with Crippen LogP contribution in [0.2, 0.25) is 0 Å². The van der Waals surface area contributed by atoms with Gasteiger partial charge in [0.2, 0.25) is 15.9 Å². The van der Waals surface area contributed by atoms with E-state index in [1.54, 1.807) is 37.3 Å². The van der Waals surface area contributed by atoms with E-state index in [2.05, 4.69) is 21.2 Å². The Morgan fingerprint density at radius 2 is 1.72 bits per heavy atom. The molecule has 0 spiro atoms. The van der Waals surface area contributed by atoms with Gasteiger partial charge in [0, 0.05) is 11.0 Å². The minimum atomic E-state index is -3.91. The van der Waals surface area contributed by atoms with Crippen LogP contribution in [-0.4, -0.2) is 38.8 Å². The number of nitrogens with one attached hydrogen (secondary N) is 1. The van der Waals surface area contributed by atoms with E-state index in [9.17, 15) is 13.2 Å². The summed E-state index contributed by atoms with van der Waals surface area (Å²) in [5.74, 6) is 0.185. The predicted molar refractivity (Wildman–Crippen MR) is 129 cm³/mol. The topological polar surface area (TPSA) is 75.7 Å². The lowest BCUT2D eigenvalue weighted by Gasteiger charge is -2.22. The quantitative estimate of drug-likeness (QED) is 0.449. The van der Waals surface area contributed by atoms with E-state index in [1.165, 1.54) is 17.5 Å². The minimum absolute atomic E-state index is 0.123. The summed E-state index contributed by atoms with van der Waals surface area (Å²) in [6.07, 6.45) is 0.484. The van der Waals surface area contributed by atoms with Crippen molar-refractivity contribution in [3.63, 3.8) is 0 Å². The Morgan fingerprint density at radius 3 is 2.38 bits per heavy atom. The number of amides is 1. The van der Waals surface area contributed by atoms with Gasteiger partial charge in [0.25, 0.3) is 0 Å². The third-order valence-electron chi connectivity index (χ3n) is 4.96. The molecule has 0 aliphatic heterocycles. The molecule has 0 bridgehead atoms. The Bertz CT molecular complexity index is 1180. The Labute approximate surface area is 197 Å². The fourth-order valence-corrected chi connectivity index (χ4v) is 5.12. The molecule has 0 heterocycles. The Balaban J connectivity index is 1.86. The van der Waals surface area contributed by atoms with Crippen LogP contribution in [0.5, 0.6) is 5.75 Å². The average Bonchev–Trinajstić information content (AvgIpc) is 2.78. The Kier molecular flexibility index (Phi) is 8.06. The second-order valence-electron chi connectivity index (χ2n) is 7.23. The number of aryl methyl sites for hydroxylation is 1. The van der Waals surface area contributed by atoms with Crippen LogP contribution in [0.3, 0.4) is 0 Å². The number of carbonyl (C=O) groups is 1. The number of rotatable bonds is 9. The van der Waals surface area contributed by atoms with E-state index >= 15 is 0 Å². The highest BCUT2D eigenvalue weighted by Crippen LogP contribution is 2.25. The molecule has 3 aromatic rings. The van der Waals surface area contributed by atoms with E-state index in [-0.39, 0.29) is 18.0 Å². The summed E-state index contributed by atoms with van der Waals surface area (Å²) in [5, 5.41) is 2.78. The van der Waals surface area contributed by atoms with Crippen LogP contribution in [-0.2, 0) is 21.2 Å². The van der Waals surface area contributed by atoms with Gasteiger partial charge in [-0.2, -0.15) is 4.31 Å². The van der Waals surface area contributed by atoms with Crippen molar-refractivity contribution in [2.45, 2.75) is 18.2 Å². The fraction of sp³-hybridized carbons (Fsp3) is 0.208. The van der Waals surface area contributed by atoms with Crippen molar-refractivity contribution >= 4 is 37.5 Å². The predicted octanol–water partition coefficient (Wildman–Crippen LogP) is 4.64. The van der Waals surface area contributed by atoms with Crippen molar-refractivity contribution in [3.05, 3.63) is 88.4 Å². The fourth-order valence-electron chi connectivity index (χ4n) is 3.26. The molecule has 1 N–H and O–H groups in total. The van der Waals surface area contributed by atoms with Crippen LogP contribution in [0.4, 0.5) is 5.69 Å². The first kappa shape index (κ1) is 24.0. The molecule has 6 nitrogen and oxygen atoms in total. The summed E-state index contributed by atoms with van der Waals surface area (Å²) in [7, 11) is -2.37. The van der Waals surface area contributed by atoms with Gasteiger partial charge in [-0.3, -0.25) is 4.79 Å². The standard InChI is InChI=1S/C24H25BrN2O4S/c1-18-16-20(12-13-23(18)31-2)32(29,30)27(15-14-19-8-4-3-5-9-19)17-24(28)26-22-11-7-6-10-21(22)25/h3-13,16H,14-15,17H2,1-2H3,(H,26,28). The molecule has 1 amide bonds. The number of nitrogens with zero attached hydrogens (tertiary/aromatic N) is 1. The maximum Gasteiger partial charge on any atom is 0.243 e. The van der Waals surface area contributed by atoms with Crippen molar-refractivity contribution in [2.75, 3.05) is 25.5 Å². The van der Waals surface area contributed by atoms with Crippen molar-refractivity contribution in [1.29, 1.82) is 0 Å². The summed E-state index contributed by atoms with van der Waals surface area (Å²) in [6.45, 7) is 1.65. The number of methoxy groups -OCH3 is 1. The van der Waals surface area contributed by atoms with E-state index in [1.807, 2.05) is 36.4 Å². The van der Waals surface area contributed by atoms with E-state index < -0.39 is 15.9 Å². The molecule has 0 unspecified atom stereocenters. The van der Waals surface area contributed by atoms with Gasteiger partial charge in [-0.1, -0.05) is 42.5 Å². The molecule has 0 aliphatic carbocycles. The third-order valence-corrected chi connectivity index (χ3v) is 7.50. The highest BCUT2D eigenvalue weighted by atomic mass is 79.9. The molecule has 0 saturated carbocycles. The normalized spacial score (nSPS) is 11.4. The minimum Gasteiger partial charge on any atom is -0.496 e. The van der Waals surface area contributed by atoms with Crippen LogP contribution >= 0.6 is 15.9 Å². The molecule has 0 saturated heterocycles. The first-order valence-electron chi connectivity index (χ1n) is 10.0. The lowest BCUT2D eigenvalue weighted by atomic mass is 10.1. The molecular formula is C24H25BrN2O4S. The molecule has 0 fully saturated rings. The zero-order chi connectivity index (χ0) is 23.1. The number of hydrogen-bond donors (Lipinski definition) is 1. The smallest absolute Gasteiger partial charge is 0.243 e. The van der Waals surface area contributed by atoms with Crippen molar-refractivity contribution in [1.82, 2.24) is 4.31 Å². The molecule has 0 aromatic heterocycles. The summed E-state index contributed by atoms with van der Waals surface area (Å²) in [4.78, 5) is 12.9. The maximum absolute atomic E-state index is 13.5. The highest BCUT2D eigenvalue weighted by molar-refractivity contribution is 9.10. The zero-order valence-corrected chi connectivity index (χ0v) is 20.3. The second kappa shape index (κ2) is 10.8. The first-order valence-corrected chi connectivity index (χ1v) is 12.3. The largest absolute Gasteiger partial charge is 0.496 e. The highest BCUT2D eigenvalue weighted by Gasteiger charge is 2.27. The summed E-state index contributed by atoms with van der Waals surface area (Å²) >= 11 is 3.39. The van der Waals surface area contributed by atoms with Crippen LogP contribution in [0.25, 0.3) is 0 Å². The van der Waals surface area contributed by atoms with E-state index in [0.717, 1.165) is 10.0 Å². The number of para-hydroxylation sites is 1. The molecule has 0 radical (unpaired) electrons. The lowest BCUT2D eigenvalue weighted by Crippen LogP contribution is -2.39. The molecule has 8 heteroatoms. The lowest BCUT2D eigenvalue weighted by molar-refractivity contribution is -0.116. The van der Waals surface area contributed by atoms with Gasteiger partial charge in [-0.05, 0) is 70.7 Å². The monoisotopic (exact) mass is 516 g/mol. The number of ether oxygens (including phenoxy) is 1. The van der Waals surface area contributed by atoms with Gasteiger partial charge in [0.1, 0.15) is 5.75 Å². The zero-order valence-electron chi connectivity index (χ0n) is 17.9. The number of hydrogen-bond acceptors (Lipinski definition) is 4. The van der Waals surface area contributed by atoms with Gasteiger partial charge in [0.15, 0.2) is 0 Å². The molecule has 3 rings (SSSR count). The third kappa shape index (κ3) is 5.97. The van der Waals surface area contributed by atoms with Gasteiger partial charge < -0.3 is 10.1 Å². The average molecular weight is 517 g/mol. The molecule has 32 heavy (non-hydrogen) atoms. The van der Waals surface area contributed by atoms with Crippen LogP contribution < -0.4 is 10.1 Å². The number of halogens is 1. The van der Waals surface area contributed by atoms with Gasteiger partial charge >= 0.3 is 0 Å². The number of carbonyl (C=O) groups excluding carboxylic acids is 1. The van der Waals surface area contributed by atoms with Crippen molar-refractivity contribution in [3.8, 4) is 5.75 Å². The summed E-state index contributed by atoms with van der Waals surface area (Å²) in [5.41, 5.74) is 2.28. The second-order valence-corrected chi connectivity index (χ2v) is 10.0. The number of anilines is 1. The van der Waals surface area contributed by atoms with Crippen molar-refractivity contribution < 1.29 is 17.9 Å². The molecular weight excluding hydrogens is 492 g/mol. The Morgan fingerprint density at radius 1 is 1.03 bits per heavy atom. The summed E-state index contributed by atoms with van der Waals surface area (Å²) < 4.78 is 34.1. The molecule has 0 atom stereocenters.